The fourth-order valence-corrected chi connectivity index (χ4v) is 3.28. The van der Waals surface area contributed by atoms with Gasteiger partial charge in [-0.1, -0.05) is 30.7 Å². The van der Waals surface area contributed by atoms with Crippen molar-refractivity contribution in [2.75, 3.05) is 6.54 Å². The Bertz CT molecular complexity index is 281. The molecule has 14 heavy (non-hydrogen) atoms. The van der Waals surface area contributed by atoms with E-state index in [0.717, 1.165) is 11.6 Å². The van der Waals surface area contributed by atoms with Gasteiger partial charge >= 0.3 is 0 Å². The van der Waals surface area contributed by atoms with Crippen molar-refractivity contribution < 1.29 is 0 Å². The van der Waals surface area contributed by atoms with Crippen molar-refractivity contribution in [1.29, 1.82) is 0 Å². The summed E-state index contributed by atoms with van der Waals surface area (Å²) in [4.78, 5) is 4.34. The molecule has 0 amide bonds. The van der Waals surface area contributed by atoms with Crippen molar-refractivity contribution in [3.05, 3.63) is 24.4 Å². The molecule has 1 aromatic rings. The molecule has 0 radical (unpaired) electrons. The summed E-state index contributed by atoms with van der Waals surface area (Å²) in [5.74, 6) is 0. The molecular formula is C11H16N2S. The summed E-state index contributed by atoms with van der Waals surface area (Å²) < 4.78 is 0.272. The maximum Gasteiger partial charge on any atom is 0.0965 e. The van der Waals surface area contributed by atoms with Crippen LogP contribution in [0.3, 0.4) is 0 Å². The van der Waals surface area contributed by atoms with Crippen molar-refractivity contribution in [3.8, 4) is 0 Å². The van der Waals surface area contributed by atoms with Crippen LogP contribution in [0.25, 0.3) is 0 Å². The van der Waals surface area contributed by atoms with E-state index in [1.54, 1.807) is 0 Å². The Balaban J connectivity index is 2.08. The molecule has 1 aromatic heterocycles. The minimum atomic E-state index is 0.272. The number of thioether (sulfide) groups is 1. The molecule has 0 aliphatic heterocycles. The predicted molar refractivity (Wildman–Crippen MR) is 60.3 cm³/mol. The smallest absolute Gasteiger partial charge is 0.0965 e. The number of hydrogen-bond donors (Lipinski definition) is 1. The summed E-state index contributed by atoms with van der Waals surface area (Å²) in [5, 5.41) is 1.11. The molecule has 2 nitrogen and oxygen atoms in total. The Hall–Kier alpha value is -0.540. The molecule has 1 heterocycles. The zero-order valence-corrected chi connectivity index (χ0v) is 9.09. The third kappa shape index (κ3) is 2.10. The quantitative estimate of drug-likeness (QED) is 0.829. The Morgan fingerprint density at radius 2 is 2.14 bits per heavy atom. The van der Waals surface area contributed by atoms with Gasteiger partial charge in [-0.25, -0.2) is 4.98 Å². The van der Waals surface area contributed by atoms with E-state index in [1.165, 1.54) is 25.7 Å². The van der Waals surface area contributed by atoms with E-state index in [0.29, 0.717) is 0 Å². The van der Waals surface area contributed by atoms with E-state index in [-0.39, 0.29) is 4.75 Å². The molecule has 0 spiro atoms. The molecule has 1 aliphatic carbocycles. The summed E-state index contributed by atoms with van der Waals surface area (Å²) in [6, 6.07) is 6.06. The van der Waals surface area contributed by atoms with Crippen molar-refractivity contribution >= 4 is 11.8 Å². The lowest BCUT2D eigenvalue weighted by atomic mass is 10.1. The first-order valence-electron chi connectivity index (χ1n) is 5.15. The van der Waals surface area contributed by atoms with Crippen LogP contribution in [-0.2, 0) is 0 Å². The second-order valence-corrected chi connectivity index (χ2v) is 5.35. The average Bonchev–Trinajstić information content (AvgIpc) is 2.69. The summed E-state index contributed by atoms with van der Waals surface area (Å²) in [5.41, 5.74) is 5.87. The largest absolute Gasteiger partial charge is 0.329 e. The molecule has 1 saturated carbocycles. The normalized spacial score (nSPS) is 19.8. The first-order chi connectivity index (χ1) is 6.85. The molecule has 0 bridgehead atoms. The second-order valence-electron chi connectivity index (χ2n) is 3.86. The highest BCUT2D eigenvalue weighted by atomic mass is 32.2. The van der Waals surface area contributed by atoms with Gasteiger partial charge < -0.3 is 5.73 Å². The number of aromatic nitrogens is 1. The van der Waals surface area contributed by atoms with Gasteiger partial charge in [-0.3, -0.25) is 0 Å². The monoisotopic (exact) mass is 208 g/mol. The summed E-state index contributed by atoms with van der Waals surface area (Å²) in [6.07, 6.45) is 6.96. The number of nitrogens with two attached hydrogens (primary N) is 1. The van der Waals surface area contributed by atoms with Crippen molar-refractivity contribution in [1.82, 2.24) is 4.98 Å². The van der Waals surface area contributed by atoms with Gasteiger partial charge in [0.15, 0.2) is 0 Å². The van der Waals surface area contributed by atoms with Crippen LogP contribution in [0.4, 0.5) is 0 Å². The van der Waals surface area contributed by atoms with Gasteiger partial charge in [-0.05, 0) is 25.0 Å². The van der Waals surface area contributed by atoms with Crippen LogP contribution >= 0.6 is 11.8 Å². The zero-order chi connectivity index (χ0) is 9.86. The first-order valence-corrected chi connectivity index (χ1v) is 5.96. The molecule has 1 aliphatic rings. The molecule has 2 rings (SSSR count). The van der Waals surface area contributed by atoms with E-state index >= 15 is 0 Å². The standard InChI is InChI=1S/C11H16N2S/c12-9-11(6-2-3-7-11)14-10-5-1-4-8-13-10/h1,4-5,8H,2-3,6-7,9,12H2. The molecule has 0 aromatic carbocycles. The SMILES string of the molecule is NCC1(Sc2ccccn2)CCCC1. The summed E-state index contributed by atoms with van der Waals surface area (Å²) in [6.45, 7) is 0.772. The van der Waals surface area contributed by atoms with Gasteiger partial charge in [-0.2, -0.15) is 0 Å². The maximum atomic E-state index is 5.87. The van der Waals surface area contributed by atoms with Gasteiger partial charge in [0.25, 0.3) is 0 Å². The lowest BCUT2D eigenvalue weighted by molar-refractivity contribution is 0.618. The Morgan fingerprint density at radius 3 is 2.71 bits per heavy atom. The van der Waals surface area contributed by atoms with E-state index in [1.807, 2.05) is 30.1 Å². The van der Waals surface area contributed by atoms with Crippen LogP contribution in [0.5, 0.6) is 0 Å². The predicted octanol–water partition coefficient (Wildman–Crippen LogP) is 2.45. The van der Waals surface area contributed by atoms with Gasteiger partial charge in [0.1, 0.15) is 0 Å². The minimum absolute atomic E-state index is 0.272. The minimum Gasteiger partial charge on any atom is -0.329 e. The molecule has 1 fully saturated rings. The molecule has 76 valence electrons. The number of pyridine rings is 1. The third-order valence-electron chi connectivity index (χ3n) is 2.85. The van der Waals surface area contributed by atoms with Gasteiger partial charge in [0.2, 0.25) is 0 Å². The number of hydrogen-bond acceptors (Lipinski definition) is 3. The Labute approximate surface area is 89.3 Å². The van der Waals surface area contributed by atoms with Gasteiger partial charge in [0.05, 0.1) is 5.03 Å². The first kappa shape index (κ1) is 9.99. The molecule has 2 N–H and O–H groups in total. The topological polar surface area (TPSA) is 38.9 Å². The zero-order valence-electron chi connectivity index (χ0n) is 8.28. The van der Waals surface area contributed by atoms with Gasteiger partial charge in [0, 0.05) is 17.5 Å². The van der Waals surface area contributed by atoms with Crippen LogP contribution in [0.2, 0.25) is 0 Å². The highest BCUT2D eigenvalue weighted by molar-refractivity contribution is 8.00. The van der Waals surface area contributed by atoms with E-state index < -0.39 is 0 Å². The van der Waals surface area contributed by atoms with Crippen molar-refractivity contribution in [3.63, 3.8) is 0 Å². The second kappa shape index (κ2) is 4.32. The van der Waals surface area contributed by atoms with Crippen LogP contribution < -0.4 is 5.73 Å². The lowest BCUT2D eigenvalue weighted by Crippen LogP contribution is -2.30. The summed E-state index contributed by atoms with van der Waals surface area (Å²) >= 11 is 1.86. The third-order valence-corrected chi connectivity index (χ3v) is 4.30. The highest BCUT2D eigenvalue weighted by Crippen LogP contribution is 2.43. The molecular weight excluding hydrogens is 192 g/mol. The Kier molecular flexibility index (Phi) is 3.08. The molecule has 3 heteroatoms. The van der Waals surface area contributed by atoms with Crippen LogP contribution in [0, 0.1) is 0 Å². The molecule has 0 unspecified atom stereocenters. The maximum absolute atomic E-state index is 5.87. The number of nitrogens with zero attached hydrogens (tertiary/aromatic N) is 1. The molecule has 0 atom stereocenters. The lowest BCUT2D eigenvalue weighted by Gasteiger charge is -2.25. The van der Waals surface area contributed by atoms with Crippen molar-refractivity contribution in [2.24, 2.45) is 5.73 Å². The van der Waals surface area contributed by atoms with Gasteiger partial charge in [-0.15, -0.1) is 0 Å². The van der Waals surface area contributed by atoms with E-state index in [2.05, 4.69) is 11.1 Å². The highest BCUT2D eigenvalue weighted by Gasteiger charge is 2.33. The fraction of sp³-hybridized carbons (Fsp3) is 0.545. The summed E-state index contributed by atoms with van der Waals surface area (Å²) in [7, 11) is 0. The number of rotatable bonds is 3. The van der Waals surface area contributed by atoms with E-state index in [9.17, 15) is 0 Å². The van der Waals surface area contributed by atoms with Crippen molar-refractivity contribution in [2.45, 2.75) is 35.5 Å². The Morgan fingerprint density at radius 1 is 1.36 bits per heavy atom. The van der Waals surface area contributed by atoms with Crippen LogP contribution in [0.1, 0.15) is 25.7 Å². The van der Waals surface area contributed by atoms with Crippen LogP contribution in [0.15, 0.2) is 29.4 Å². The molecule has 0 saturated heterocycles. The van der Waals surface area contributed by atoms with E-state index in [4.69, 9.17) is 5.73 Å². The fourth-order valence-electron chi connectivity index (χ4n) is 2.00. The average molecular weight is 208 g/mol. The van der Waals surface area contributed by atoms with Crippen LogP contribution in [-0.4, -0.2) is 16.3 Å².